The Morgan fingerprint density at radius 1 is 1.44 bits per heavy atom. The van der Waals surface area contributed by atoms with Crippen molar-refractivity contribution >= 4 is 23.6 Å². The van der Waals surface area contributed by atoms with Crippen LogP contribution in [0.1, 0.15) is 47.5 Å². The molecule has 0 amide bonds. The zero-order valence-electron chi connectivity index (χ0n) is 11.0. The molecule has 1 rings (SSSR count). The summed E-state index contributed by atoms with van der Waals surface area (Å²) >= 11 is 12.4. The molecule has 0 aromatic heterocycles. The fourth-order valence-electron chi connectivity index (χ4n) is 2.65. The summed E-state index contributed by atoms with van der Waals surface area (Å²) in [7, 11) is 0. The summed E-state index contributed by atoms with van der Waals surface area (Å²) in [5, 5.41) is 0. The Kier molecular flexibility index (Phi) is 4.56. The standard InChI is InChI=1S/C12H24Cl2N2/c1-6-11(3,4)10-9(15-13)12(5,7-2)8-16(10)14/h9-10,15H,6-8H2,1-5H3. The smallest absolute Gasteiger partial charge is 0.0474 e. The van der Waals surface area contributed by atoms with Crippen molar-refractivity contribution < 1.29 is 0 Å². The Labute approximate surface area is 110 Å². The number of hydrogen-bond acceptors (Lipinski definition) is 2. The molecule has 3 atom stereocenters. The van der Waals surface area contributed by atoms with Crippen molar-refractivity contribution in [3.05, 3.63) is 0 Å². The fourth-order valence-corrected chi connectivity index (χ4v) is 3.68. The van der Waals surface area contributed by atoms with Gasteiger partial charge in [-0.2, -0.15) is 0 Å². The average Bonchev–Trinajstić information content (AvgIpc) is 2.50. The predicted molar refractivity (Wildman–Crippen MR) is 71.6 cm³/mol. The van der Waals surface area contributed by atoms with Gasteiger partial charge in [0.1, 0.15) is 0 Å². The first-order valence-electron chi connectivity index (χ1n) is 6.11. The second kappa shape index (κ2) is 5.01. The topological polar surface area (TPSA) is 15.3 Å². The van der Waals surface area contributed by atoms with Crippen LogP contribution in [-0.4, -0.2) is 23.0 Å². The Morgan fingerprint density at radius 2 is 2.00 bits per heavy atom. The normalized spacial score (nSPS) is 36.9. The maximum absolute atomic E-state index is 6.41. The van der Waals surface area contributed by atoms with E-state index in [9.17, 15) is 0 Å². The molecule has 0 saturated carbocycles. The molecule has 16 heavy (non-hydrogen) atoms. The van der Waals surface area contributed by atoms with Crippen LogP contribution in [0.2, 0.25) is 0 Å². The quantitative estimate of drug-likeness (QED) is 0.780. The average molecular weight is 267 g/mol. The molecule has 0 radical (unpaired) electrons. The van der Waals surface area contributed by atoms with E-state index in [1.165, 1.54) is 0 Å². The second-order valence-corrected chi connectivity index (χ2v) is 6.59. The van der Waals surface area contributed by atoms with E-state index in [-0.39, 0.29) is 22.9 Å². The van der Waals surface area contributed by atoms with Gasteiger partial charge in [0.25, 0.3) is 0 Å². The van der Waals surface area contributed by atoms with Gasteiger partial charge in [0.2, 0.25) is 0 Å². The van der Waals surface area contributed by atoms with Crippen LogP contribution in [0.15, 0.2) is 0 Å². The van der Waals surface area contributed by atoms with Gasteiger partial charge in [0.15, 0.2) is 0 Å². The lowest BCUT2D eigenvalue weighted by molar-refractivity contribution is 0.161. The number of hydrogen-bond donors (Lipinski definition) is 1. The molecule has 2 nitrogen and oxygen atoms in total. The molecule has 96 valence electrons. The zero-order valence-corrected chi connectivity index (χ0v) is 12.5. The summed E-state index contributed by atoms with van der Waals surface area (Å²) in [6.45, 7) is 12.1. The van der Waals surface area contributed by atoms with E-state index >= 15 is 0 Å². The highest BCUT2D eigenvalue weighted by molar-refractivity contribution is 6.15. The van der Waals surface area contributed by atoms with Crippen molar-refractivity contribution in [3.8, 4) is 0 Å². The minimum absolute atomic E-state index is 0.153. The van der Waals surface area contributed by atoms with Crippen molar-refractivity contribution in [1.29, 1.82) is 0 Å². The Morgan fingerprint density at radius 3 is 2.38 bits per heavy atom. The highest BCUT2D eigenvalue weighted by atomic mass is 35.5. The van der Waals surface area contributed by atoms with Gasteiger partial charge in [-0.15, -0.1) is 0 Å². The third kappa shape index (κ3) is 2.35. The summed E-state index contributed by atoms with van der Waals surface area (Å²) < 4.78 is 1.95. The fraction of sp³-hybridized carbons (Fsp3) is 1.00. The van der Waals surface area contributed by atoms with Crippen molar-refractivity contribution in [3.63, 3.8) is 0 Å². The summed E-state index contributed by atoms with van der Waals surface area (Å²) in [6, 6.07) is 0.522. The minimum atomic E-state index is 0.153. The van der Waals surface area contributed by atoms with Crippen molar-refractivity contribution in [2.45, 2.75) is 59.5 Å². The maximum Gasteiger partial charge on any atom is 0.0474 e. The Bertz CT molecular complexity index is 245. The molecule has 1 heterocycles. The summed E-state index contributed by atoms with van der Waals surface area (Å²) in [6.07, 6.45) is 2.17. The monoisotopic (exact) mass is 266 g/mol. The molecule has 0 aromatic carbocycles. The first kappa shape index (κ1) is 14.6. The molecule has 0 aromatic rings. The molecule has 4 heteroatoms. The number of nitrogens with zero attached hydrogens (tertiary/aromatic N) is 1. The van der Waals surface area contributed by atoms with E-state index in [1.807, 2.05) is 4.42 Å². The van der Waals surface area contributed by atoms with Gasteiger partial charge in [-0.3, -0.25) is 0 Å². The molecule has 1 aliphatic heterocycles. The number of halogens is 2. The molecule has 0 aliphatic carbocycles. The van der Waals surface area contributed by atoms with Crippen LogP contribution in [0.3, 0.4) is 0 Å². The van der Waals surface area contributed by atoms with Gasteiger partial charge in [0.05, 0.1) is 0 Å². The molecule has 0 spiro atoms. The third-order valence-electron chi connectivity index (χ3n) is 4.52. The first-order chi connectivity index (χ1) is 7.32. The largest absolute Gasteiger partial charge is 0.228 e. The van der Waals surface area contributed by atoms with Crippen LogP contribution in [-0.2, 0) is 0 Å². The van der Waals surface area contributed by atoms with Gasteiger partial charge in [0, 0.05) is 18.6 Å². The molecule has 0 bridgehead atoms. The lowest BCUT2D eigenvalue weighted by Gasteiger charge is -2.39. The van der Waals surface area contributed by atoms with Crippen molar-refractivity contribution in [2.24, 2.45) is 10.8 Å². The molecule has 1 aliphatic rings. The van der Waals surface area contributed by atoms with Crippen LogP contribution in [0.25, 0.3) is 0 Å². The SMILES string of the molecule is CCC(C)(C)C1C(NCl)C(C)(CC)CN1Cl. The maximum atomic E-state index is 6.41. The third-order valence-corrected chi connectivity index (χ3v) is 5.08. The van der Waals surface area contributed by atoms with Crippen LogP contribution < -0.4 is 4.84 Å². The van der Waals surface area contributed by atoms with Gasteiger partial charge < -0.3 is 0 Å². The summed E-state index contributed by atoms with van der Waals surface area (Å²) in [5.74, 6) is 0. The van der Waals surface area contributed by atoms with E-state index in [1.54, 1.807) is 0 Å². The molecular formula is C12H24Cl2N2. The lowest BCUT2D eigenvalue weighted by atomic mass is 9.72. The molecule has 1 N–H and O–H groups in total. The minimum Gasteiger partial charge on any atom is -0.228 e. The highest BCUT2D eigenvalue weighted by Gasteiger charge is 2.53. The first-order valence-corrected chi connectivity index (χ1v) is 6.82. The predicted octanol–water partition coefficient (Wildman–Crippen LogP) is 3.79. The van der Waals surface area contributed by atoms with E-state index in [0.29, 0.717) is 0 Å². The summed E-state index contributed by atoms with van der Waals surface area (Å²) in [4.78, 5) is 2.97. The Hall–Kier alpha value is 0.500. The van der Waals surface area contributed by atoms with Gasteiger partial charge in [-0.1, -0.05) is 34.6 Å². The zero-order chi connectivity index (χ0) is 12.6. The highest BCUT2D eigenvalue weighted by Crippen LogP contribution is 2.46. The van der Waals surface area contributed by atoms with E-state index < -0.39 is 0 Å². The van der Waals surface area contributed by atoms with E-state index in [0.717, 1.165) is 19.4 Å². The van der Waals surface area contributed by atoms with Gasteiger partial charge >= 0.3 is 0 Å². The van der Waals surface area contributed by atoms with Crippen molar-refractivity contribution in [2.75, 3.05) is 6.54 Å². The van der Waals surface area contributed by atoms with Crippen LogP contribution in [0.5, 0.6) is 0 Å². The van der Waals surface area contributed by atoms with E-state index in [4.69, 9.17) is 23.6 Å². The lowest BCUT2D eigenvalue weighted by Crippen LogP contribution is -2.50. The van der Waals surface area contributed by atoms with Crippen LogP contribution in [0, 0.1) is 10.8 Å². The molecule has 1 saturated heterocycles. The number of rotatable bonds is 4. The van der Waals surface area contributed by atoms with Crippen molar-refractivity contribution in [1.82, 2.24) is 9.25 Å². The van der Waals surface area contributed by atoms with Crippen LogP contribution in [0.4, 0.5) is 0 Å². The Balaban J connectivity index is 3.01. The van der Waals surface area contributed by atoms with Gasteiger partial charge in [-0.05, 0) is 47.2 Å². The molecule has 1 fully saturated rings. The second-order valence-electron chi connectivity index (χ2n) is 5.94. The van der Waals surface area contributed by atoms with Crippen LogP contribution >= 0.6 is 23.6 Å². The number of nitrogens with one attached hydrogen (secondary N) is 1. The molecular weight excluding hydrogens is 243 g/mol. The van der Waals surface area contributed by atoms with Gasteiger partial charge in [-0.25, -0.2) is 9.25 Å². The van der Waals surface area contributed by atoms with E-state index in [2.05, 4.69) is 39.5 Å². The molecule has 3 unspecified atom stereocenters. The summed E-state index contributed by atoms with van der Waals surface area (Å²) in [5.41, 5.74) is 0.321.